The Kier molecular flexibility index (Phi) is 5.19. The predicted octanol–water partition coefficient (Wildman–Crippen LogP) is 5.67. The van der Waals surface area contributed by atoms with Crippen molar-refractivity contribution in [1.29, 1.82) is 0 Å². The number of benzene rings is 2. The highest BCUT2D eigenvalue weighted by atomic mass is 19.1. The fourth-order valence-corrected chi connectivity index (χ4v) is 3.47. The molecule has 0 unspecified atom stereocenters. The number of rotatable bonds is 5. The van der Waals surface area contributed by atoms with Gasteiger partial charge in [-0.1, -0.05) is 43.2 Å². The van der Waals surface area contributed by atoms with Crippen molar-refractivity contribution in [2.24, 2.45) is 0 Å². The average Bonchev–Trinajstić information content (AvgIpc) is 3.14. The minimum Gasteiger partial charge on any atom is -0.496 e. The molecular weight excluding hydrogens is 303 g/mol. The summed E-state index contributed by atoms with van der Waals surface area (Å²) < 4.78 is 25.0. The van der Waals surface area contributed by atoms with Crippen LogP contribution < -0.4 is 9.47 Å². The second kappa shape index (κ2) is 7.52. The van der Waals surface area contributed by atoms with E-state index in [2.05, 4.69) is 0 Å². The van der Waals surface area contributed by atoms with Crippen molar-refractivity contribution < 1.29 is 13.9 Å². The molecule has 1 saturated carbocycles. The van der Waals surface area contributed by atoms with Gasteiger partial charge in [0.2, 0.25) is 0 Å². The molecule has 0 saturated heterocycles. The molecule has 2 aromatic carbocycles. The molecule has 0 radical (unpaired) electrons. The van der Waals surface area contributed by atoms with Crippen LogP contribution in [0.25, 0.3) is 12.2 Å². The van der Waals surface area contributed by atoms with E-state index in [4.69, 9.17) is 9.47 Å². The van der Waals surface area contributed by atoms with Crippen LogP contribution in [0.1, 0.15) is 48.3 Å². The molecule has 1 aliphatic carbocycles. The standard InChI is InChI=1S/C21H23FO2/c1-23-19-13-15(11-12-16-7-5-6-10-18(16)22)14-20(24-2)21(19)17-8-3-4-9-17/h5-7,10-14,17H,3-4,8-9H2,1-2H3/b12-11+. The van der Waals surface area contributed by atoms with Crippen molar-refractivity contribution >= 4 is 12.2 Å². The number of methoxy groups -OCH3 is 2. The third-order valence-electron chi connectivity index (χ3n) is 4.69. The van der Waals surface area contributed by atoms with Crippen LogP contribution in [0.3, 0.4) is 0 Å². The van der Waals surface area contributed by atoms with Crippen LogP contribution in [0.5, 0.6) is 11.5 Å². The molecule has 1 fully saturated rings. The first-order valence-corrected chi connectivity index (χ1v) is 8.41. The Morgan fingerprint density at radius 1 is 0.958 bits per heavy atom. The molecule has 0 aliphatic heterocycles. The van der Waals surface area contributed by atoms with E-state index in [1.807, 2.05) is 24.3 Å². The Morgan fingerprint density at radius 3 is 2.17 bits per heavy atom. The summed E-state index contributed by atoms with van der Waals surface area (Å²) in [7, 11) is 3.38. The molecule has 0 amide bonds. The van der Waals surface area contributed by atoms with Crippen LogP contribution in [0.2, 0.25) is 0 Å². The van der Waals surface area contributed by atoms with Gasteiger partial charge < -0.3 is 9.47 Å². The lowest BCUT2D eigenvalue weighted by Gasteiger charge is -2.19. The Balaban J connectivity index is 1.96. The smallest absolute Gasteiger partial charge is 0.130 e. The van der Waals surface area contributed by atoms with E-state index in [0.717, 1.165) is 17.1 Å². The molecule has 0 heterocycles. The summed E-state index contributed by atoms with van der Waals surface area (Å²) in [5.41, 5.74) is 2.67. The lowest BCUT2D eigenvalue weighted by Crippen LogP contribution is -2.01. The van der Waals surface area contributed by atoms with Crippen LogP contribution in [0.4, 0.5) is 4.39 Å². The SMILES string of the molecule is COc1cc(/C=C/c2ccccc2F)cc(OC)c1C1CCCC1. The molecule has 3 rings (SSSR count). The largest absolute Gasteiger partial charge is 0.496 e. The number of hydrogen-bond acceptors (Lipinski definition) is 2. The van der Waals surface area contributed by atoms with E-state index in [0.29, 0.717) is 11.5 Å². The van der Waals surface area contributed by atoms with Crippen LogP contribution in [-0.2, 0) is 0 Å². The van der Waals surface area contributed by atoms with Crippen molar-refractivity contribution in [3.8, 4) is 11.5 Å². The maximum atomic E-state index is 13.8. The summed E-state index contributed by atoms with van der Waals surface area (Å²) in [6.07, 6.45) is 8.53. The number of hydrogen-bond donors (Lipinski definition) is 0. The zero-order valence-electron chi connectivity index (χ0n) is 14.2. The average molecular weight is 326 g/mol. The fourth-order valence-electron chi connectivity index (χ4n) is 3.47. The maximum Gasteiger partial charge on any atom is 0.130 e. The van der Waals surface area contributed by atoms with E-state index in [1.165, 1.54) is 37.3 Å². The second-order valence-corrected chi connectivity index (χ2v) is 6.18. The molecule has 24 heavy (non-hydrogen) atoms. The first-order chi connectivity index (χ1) is 11.7. The summed E-state index contributed by atoms with van der Waals surface area (Å²) >= 11 is 0. The quantitative estimate of drug-likeness (QED) is 0.659. The van der Waals surface area contributed by atoms with E-state index in [9.17, 15) is 4.39 Å². The van der Waals surface area contributed by atoms with Crippen molar-refractivity contribution in [3.05, 3.63) is 58.9 Å². The maximum absolute atomic E-state index is 13.8. The molecule has 0 bridgehead atoms. The lowest BCUT2D eigenvalue weighted by atomic mass is 9.94. The van der Waals surface area contributed by atoms with Gasteiger partial charge >= 0.3 is 0 Å². The Labute approximate surface area is 142 Å². The monoisotopic (exact) mass is 326 g/mol. The zero-order valence-corrected chi connectivity index (χ0v) is 14.2. The van der Waals surface area contributed by atoms with E-state index < -0.39 is 0 Å². The normalized spacial score (nSPS) is 15.1. The van der Waals surface area contributed by atoms with E-state index in [1.54, 1.807) is 32.4 Å². The molecule has 126 valence electrons. The number of ether oxygens (including phenoxy) is 2. The number of halogens is 1. The summed E-state index contributed by atoms with van der Waals surface area (Å²) in [5.74, 6) is 1.98. The highest BCUT2D eigenvalue weighted by molar-refractivity contribution is 5.72. The molecule has 0 aromatic heterocycles. The topological polar surface area (TPSA) is 18.5 Å². The Morgan fingerprint density at radius 2 is 1.58 bits per heavy atom. The molecule has 0 atom stereocenters. The molecule has 1 aliphatic rings. The second-order valence-electron chi connectivity index (χ2n) is 6.18. The minimum atomic E-state index is -0.227. The molecule has 2 nitrogen and oxygen atoms in total. The Bertz CT molecular complexity index is 705. The van der Waals surface area contributed by atoms with Gasteiger partial charge in [-0.05, 0) is 42.5 Å². The van der Waals surface area contributed by atoms with Crippen LogP contribution in [0.15, 0.2) is 36.4 Å². The van der Waals surface area contributed by atoms with Crippen molar-refractivity contribution in [2.75, 3.05) is 14.2 Å². The van der Waals surface area contributed by atoms with Gasteiger partial charge in [0.25, 0.3) is 0 Å². The van der Waals surface area contributed by atoms with Gasteiger partial charge in [-0.15, -0.1) is 0 Å². The summed E-state index contributed by atoms with van der Waals surface area (Å²) in [6, 6.07) is 10.8. The van der Waals surface area contributed by atoms with E-state index >= 15 is 0 Å². The molecule has 0 spiro atoms. The van der Waals surface area contributed by atoms with Gasteiger partial charge in [0.15, 0.2) is 0 Å². The first-order valence-electron chi connectivity index (χ1n) is 8.41. The highest BCUT2D eigenvalue weighted by Crippen LogP contribution is 2.44. The molecule has 3 heteroatoms. The minimum absolute atomic E-state index is 0.227. The third-order valence-corrected chi connectivity index (χ3v) is 4.69. The summed E-state index contributed by atoms with van der Waals surface area (Å²) in [5, 5.41) is 0. The Hall–Kier alpha value is -2.29. The van der Waals surface area contributed by atoms with Crippen LogP contribution in [0, 0.1) is 5.82 Å². The van der Waals surface area contributed by atoms with Gasteiger partial charge in [0.05, 0.1) is 14.2 Å². The molecule has 2 aromatic rings. The highest BCUT2D eigenvalue weighted by Gasteiger charge is 2.24. The zero-order chi connectivity index (χ0) is 16.9. The lowest BCUT2D eigenvalue weighted by molar-refractivity contribution is 0.378. The predicted molar refractivity (Wildman–Crippen MR) is 96.1 cm³/mol. The van der Waals surface area contributed by atoms with Gasteiger partial charge in [-0.2, -0.15) is 0 Å². The summed E-state index contributed by atoms with van der Waals surface area (Å²) in [4.78, 5) is 0. The first kappa shape index (κ1) is 16.6. The third kappa shape index (κ3) is 3.45. The van der Waals surface area contributed by atoms with Gasteiger partial charge in [0.1, 0.15) is 17.3 Å². The summed E-state index contributed by atoms with van der Waals surface area (Å²) in [6.45, 7) is 0. The van der Waals surface area contributed by atoms with Crippen LogP contribution in [-0.4, -0.2) is 14.2 Å². The van der Waals surface area contributed by atoms with E-state index in [-0.39, 0.29) is 5.82 Å². The fraction of sp³-hybridized carbons (Fsp3) is 0.333. The van der Waals surface area contributed by atoms with Gasteiger partial charge in [0, 0.05) is 11.1 Å². The van der Waals surface area contributed by atoms with Crippen molar-refractivity contribution in [3.63, 3.8) is 0 Å². The molecule has 0 N–H and O–H groups in total. The van der Waals surface area contributed by atoms with Crippen molar-refractivity contribution in [1.82, 2.24) is 0 Å². The van der Waals surface area contributed by atoms with Crippen molar-refractivity contribution in [2.45, 2.75) is 31.6 Å². The van der Waals surface area contributed by atoms with Crippen LogP contribution >= 0.6 is 0 Å². The van der Waals surface area contributed by atoms with Gasteiger partial charge in [-0.25, -0.2) is 4.39 Å². The van der Waals surface area contributed by atoms with Gasteiger partial charge in [-0.3, -0.25) is 0 Å². The molecular formula is C21H23FO2.